The monoisotopic (exact) mass is 416 g/mol. The van der Waals surface area contributed by atoms with Crippen LogP contribution in [0.2, 0.25) is 18.1 Å². The molecular weight excluding hydrogens is 388 g/mol. The number of hydrogen-bond donors (Lipinski definition) is 0. The molecule has 0 bridgehead atoms. The number of benzene rings is 1. The quantitative estimate of drug-likeness (QED) is 0.371. The van der Waals surface area contributed by atoms with Crippen molar-refractivity contribution in [1.82, 2.24) is 19.6 Å². The summed E-state index contributed by atoms with van der Waals surface area (Å²) in [6.07, 6.45) is 4.71. The molecule has 1 aliphatic carbocycles. The fourth-order valence-electron chi connectivity index (χ4n) is 3.49. The molecule has 5 nitrogen and oxygen atoms in total. The van der Waals surface area contributed by atoms with E-state index in [1.165, 1.54) is 18.4 Å². The van der Waals surface area contributed by atoms with Gasteiger partial charge in [0.25, 0.3) is 8.32 Å². The molecule has 4 aromatic rings. The van der Waals surface area contributed by atoms with Crippen molar-refractivity contribution < 1.29 is 4.43 Å². The van der Waals surface area contributed by atoms with Gasteiger partial charge in [-0.15, -0.1) is 10.2 Å². The number of rotatable bonds is 4. The summed E-state index contributed by atoms with van der Waals surface area (Å²) < 4.78 is 8.70. The van der Waals surface area contributed by atoms with Crippen molar-refractivity contribution in [3.05, 3.63) is 54.2 Å². The van der Waals surface area contributed by atoms with Gasteiger partial charge in [-0.2, -0.15) is 0 Å². The van der Waals surface area contributed by atoms with Crippen LogP contribution in [0.25, 0.3) is 28.1 Å². The van der Waals surface area contributed by atoms with Crippen LogP contribution in [0.5, 0.6) is 5.75 Å². The molecule has 1 aromatic carbocycles. The van der Waals surface area contributed by atoms with Crippen molar-refractivity contribution in [1.29, 1.82) is 0 Å². The molecule has 0 saturated heterocycles. The molecule has 5 rings (SSSR count). The van der Waals surface area contributed by atoms with Gasteiger partial charge < -0.3 is 4.43 Å². The Morgan fingerprint density at radius 1 is 1.00 bits per heavy atom. The van der Waals surface area contributed by atoms with Crippen molar-refractivity contribution in [2.24, 2.45) is 0 Å². The maximum absolute atomic E-state index is 6.63. The third kappa shape index (κ3) is 3.29. The molecule has 0 amide bonds. The molecule has 1 fully saturated rings. The molecule has 0 radical (unpaired) electrons. The molecule has 6 heteroatoms. The first kappa shape index (κ1) is 19.2. The van der Waals surface area contributed by atoms with Gasteiger partial charge in [0.1, 0.15) is 17.0 Å². The summed E-state index contributed by atoms with van der Waals surface area (Å²) in [5.41, 5.74) is 3.90. The second-order valence-electron chi connectivity index (χ2n) is 9.88. The molecule has 3 aromatic heterocycles. The lowest BCUT2D eigenvalue weighted by Crippen LogP contribution is -2.43. The zero-order valence-corrected chi connectivity index (χ0v) is 19.3. The van der Waals surface area contributed by atoms with Gasteiger partial charge in [-0.3, -0.25) is 4.40 Å². The van der Waals surface area contributed by atoms with Gasteiger partial charge in [0.05, 0.1) is 0 Å². The van der Waals surface area contributed by atoms with Gasteiger partial charge in [0.2, 0.25) is 0 Å². The first-order valence-corrected chi connectivity index (χ1v) is 13.6. The fourth-order valence-corrected chi connectivity index (χ4v) is 4.52. The lowest BCUT2D eigenvalue weighted by atomic mass is 10.2. The molecule has 3 heterocycles. The largest absolute Gasteiger partial charge is 0.542 e. The molecule has 30 heavy (non-hydrogen) atoms. The Morgan fingerprint density at radius 2 is 1.80 bits per heavy atom. The minimum atomic E-state index is -1.98. The summed E-state index contributed by atoms with van der Waals surface area (Å²) in [5.74, 6) is 2.31. The first-order chi connectivity index (χ1) is 14.2. The average Bonchev–Trinajstić information content (AvgIpc) is 3.46. The molecule has 154 valence electrons. The van der Waals surface area contributed by atoms with E-state index >= 15 is 0 Å². The van der Waals surface area contributed by atoms with Gasteiger partial charge in [-0.1, -0.05) is 45.0 Å². The zero-order chi connectivity index (χ0) is 21.1. The first-order valence-electron chi connectivity index (χ1n) is 10.7. The minimum Gasteiger partial charge on any atom is -0.542 e. The standard InChI is InChI=1S/C24H28N4OSi/c1-24(2,3)30(4,5)29-20-8-6-7-17-11-13-19(25-22(17)20)23-27-26-21-14-12-18(15-28(21)23)16-9-10-16/h6-8,11-16H,9-10H2,1-5H3. The van der Waals surface area contributed by atoms with Gasteiger partial charge in [-0.25, -0.2) is 4.98 Å². The summed E-state index contributed by atoms with van der Waals surface area (Å²) in [4.78, 5) is 5.00. The predicted molar refractivity (Wildman–Crippen MR) is 124 cm³/mol. The van der Waals surface area contributed by atoms with Crippen LogP contribution >= 0.6 is 0 Å². The summed E-state index contributed by atoms with van der Waals surface area (Å²) >= 11 is 0. The summed E-state index contributed by atoms with van der Waals surface area (Å²) in [5, 5.41) is 10.0. The van der Waals surface area contributed by atoms with Gasteiger partial charge in [0.15, 0.2) is 11.5 Å². The highest BCUT2D eigenvalue weighted by molar-refractivity contribution is 6.74. The summed E-state index contributed by atoms with van der Waals surface area (Å²) in [6.45, 7) is 11.3. The van der Waals surface area contributed by atoms with E-state index in [9.17, 15) is 0 Å². The highest BCUT2D eigenvalue weighted by Gasteiger charge is 2.39. The lowest BCUT2D eigenvalue weighted by molar-refractivity contribution is 0.495. The van der Waals surface area contributed by atoms with E-state index in [4.69, 9.17) is 9.41 Å². The number of fused-ring (bicyclic) bond motifs is 2. The zero-order valence-electron chi connectivity index (χ0n) is 18.3. The normalized spacial score (nSPS) is 15.1. The Bertz CT molecular complexity index is 1250. The number of pyridine rings is 2. The topological polar surface area (TPSA) is 52.3 Å². The van der Waals surface area contributed by atoms with Crippen molar-refractivity contribution in [3.63, 3.8) is 0 Å². The van der Waals surface area contributed by atoms with Crippen LogP contribution in [-0.2, 0) is 0 Å². The van der Waals surface area contributed by atoms with E-state index in [-0.39, 0.29) is 5.04 Å². The highest BCUT2D eigenvalue weighted by atomic mass is 28.4. The molecule has 0 unspecified atom stereocenters. The molecule has 1 aliphatic rings. The third-order valence-corrected chi connectivity index (χ3v) is 10.9. The van der Waals surface area contributed by atoms with Crippen LogP contribution in [-0.4, -0.2) is 27.9 Å². The van der Waals surface area contributed by atoms with Crippen LogP contribution in [0.3, 0.4) is 0 Å². The van der Waals surface area contributed by atoms with Crippen LogP contribution < -0.4 is 4.43 Å². The van der Waals surface area contributed by atoms with E-state index < -0.39 is 8.32 Å². The average molecular weight is 417 g/mol. The Labute approximate surface area is 178 Å². The number of aromatic nitrogens is 4. The van der Waals surface area contributed by atoms with Crippen molar-refractivity contribution in [2.45, 2.75) is 57.7 Å². The number of nitrogens with zero attached hydrogens (tertiary/aromatic N) is 4. The Morgan fingerprint density at radius 3 is 2.53 bits per heavy atom. The minimum absolute atomic E-state index is 0.120. The second-order valence-corrected chi connectivity index (χ2v) is 14.6. The number of para-hydroxylation sites is 1. The van der Waals surface area contributed by atoms with E-state index in [0.717, 1.165) is 33.8 Å². The molecule has 0 N–H and O–H groups in total. The fraction of sp³-hybridized carbons (Fsp3) is 0.375. The lowest BCUT2D eigenvalue weighted by Gasteiger charge is -2.36. The van der Waals surface area contributed by atoms with E-state index in [2.05, 4.69) is 78.9 Å². The summed E-state index contributed by atoms with van der Waals surface area (Å²) in [7, 11) is -1.98. The number of hydrogen-bond acceptors (Lipinski definition) is 4. The van der Waals surface area contributed by atoms with Crippen molar-refractivity contribution >= 4 is 24.9 Å². The van der Waals surface area contributed by atoms with E-state index in [1.54, 1.807) is 0 Å². The van der Waals surface area contributed by atoms with Gasteiger partial charge in [-0.05, 0) is 60.7 Å². The Balaban J connectivity index is 1.61. The maximum Gasteiger partial charge on any atom is 0.250 e. The second kappa shape index (κ2) is 6.64. The predicted octanol–water partition coefficient (Wildman–Crippen LogP) is 6.21. The van der Waals surface area contributed by atoms with Crippen molar-refractivity contribution in [2.75, 3.05) is 0 Å². The Kier molecular flexibility index (Phi) is 4.26. The maximum atomic E-state index is 6.63. The van der Waals surface area contributed by atoms with Crippen LogP contribution in [0.4, 0.5) is 0 Å². The molecule has 0 spiro atoms. The van der Waals surface area contributed by atoms with Crippen LogP contribution in [0, 0.1) is 0 Å². The molecule has 1 saturated carbocycles. The van der Waals surface area contributed by atoms with E-state index in [0.29, 0.717) is 5.92 Å². The van der Waals surface area contributed by atoms with Crippen LogP contribution in [0.1, 0.15) is 45.1 Å². The third-order valence-electron chi connectivity index (χ3n) is 6.56. The molecular formula is C24H28N4OSi. The summed E-state index contributed by atoms with van der Waals surface area (Å²) in [6, 6.07) is 14.5. The molecule has 0 aliphatic heterocycles. The smallest absolute Gasteiger partial charge is 0.250 e. The highest BCUT2D eigenvalue weighted by Crippen LogP contribution is 2.41. The molecule has 0 atom stereocenters. The van der Waals surface area contributed by atoms with E-state index in [1.807, 2.05) is 18.2 Å². The van der Waals surface area contributed by atoms with Gasteiger partial charge in [0, 0.05) is 11.6 Å². The van der Waals surface area contributed by atoms with Crippen LogP contribution in [0.15, 0.2) is 48.7 Å². The Hall–Kier alpha value is -2.73. The van der Waals surface area contributed by atoms with Crippen molar-refractivity contribution in [3.8, 4) is 17.3 Å². The SMILES string of the molecule is CC(C)(C)[Si](C)(C)Oc1cccc2ccc(-c3nnc4ccc(C5CC5)cn34)nc12. The van der Waals surface area contributed by atoms with Gasteiger partial charge >= 0.3 is 0 Å².